The first-order chi connectivity index (χ1) is 10.3. The fraction of sp³-hybridized carbons (Fsp3) is 0.429. The second-order valence-electron chi connectivity index (χ2n) is 5.31. The van der Waals surface area contributed by atoms with E-state index in [9.17, 15) is 24.1 Å². The topological polar surface area (TPSA) is 83.8 Å². The Morgan fingerprint density at radius 3 is 2.64 bits per heavy atom. The number of carbonyl (C=O) groups excluding carboxylic acids is 2. The molecule has 118 valence electrons. The summed E-state index contributed by atoms with van der Waals surface area (Å²) in [5, 5.41) is 10.6. The minimum atomic E-state index is -0.956. The molecule has 7 nitrogen and oxygen atoms in total. The number of hydrogen-bond acceptors (Lipinski definition) is 4. The summed E-state index contributed by atoms with van der Waals surface area (Å²) < 4.78 is 14.0. The number of carbonyl (C=O) groups is 2. The quantitative estimate of drug-likeness (QED) is 0.624. The largest absolute Gasteiger partial charge is 0.347 e. The van der Waals surface area contributed by atoms with Gasteiger partial charge in [-0.15, -0.1) is 0 Å². The predicted molar refractivity (Wildman–Crippen MR) is 75.8 cm³/mol. The van der Waals surface area contributed by atoms with E-state index >= 15 is 0 Å². The molecule has 1 unspecified atom stereocenters. The molecule has 1 aromatic carbocycles. The van der Waals surface area contributed by atoms with E-state index in [1.54, 1.807) is 14.1 Å². The molecule has 0 radical (unpaired) electrons. The number of likely N-dealkylation sites (N-methyl/N-ethyl adjacent to an activating group) is 1. The molecular weight excluding hydrogens is 293 g/mol. The fourth-order valence-corrected chi connectivity index (χ4v) is 2.51. The maximum Gasteiger partial charge on any atom is 0.272 e. The van der Waals surface area contributed by atoms with Crippen LogP contribution in [0.4, 0.5) is 10.1 Å². The maximum absolute atomic E-state index is 14.0. The summed E-state index contributed by atoms with van der Waals surface area (Å²) in [5.41, 5.74) is -0.680. The molecule has 1 aromatic rings. The van der Waals surface area contributed by atoms with E-state index in [0.717, 1.165) is 12.1 Å². The number of nitro groups is 1. The summed E-state index contributed by atoms with van der Waals surface area (Å²) in [5.74, 6) is -1.79. The van der Waals surface area contributed by atoms with E-state index in [1.165, 1.54) is 9.80 Å². The summed E-state index contributed by atoms with van der Waals surface area (Å²) in [6, 6.07) is 2.27. The van der Waals surface area contributed by atoms with Crippen LogP contribution in [0.5, 0.6) is 0 Å². The smallest absolute Gasteiger partial charge is 0.272 e. The molecule has 1 atom stereocenters. The SMILES string of the molecule is CN(C)C(=O)C1CCCN1C(=O)c1ccc([N+](=O)[O-])cc1F. The van der Waals surface area contributed by atoms with Crippen molar-refractivity contribution < 1.29 is 18.9 Å². The van der Waals surface area contributed by atoms with Gasteiger partial charge < -0.3 is 9.80 Å². The molecule has 0 spiro atoms. The van der Waals surface area contributed by atoms with E-state index in [4.69, 9.17) is 0 Å². The van der Waals surface area contributed by atoms with Crippen molar-refractivity contribution in [2.24, 2.45) is 0 Å². The predicted octanol–water partition coefficient (Wildman–Crippen LogP) is 1.43. The van der Waals surface area contributed by atoms with Crippen LogP contribution in [0.25, 0.3) is 0 Å². The zero-order valence-electron chi connectivity index (χ0n) is 12.3. The second-order valence-corrected chi connectivity index (χ2v) is 5.31. The van der Waals surface area contributed by atoms with Gasteiger partial charge in [-0.3, -0.25) is 19.7 Å². The lowest BCUT2D eigenvalue weighted by molar-refractivity contribution is -0.385. The number of non-ortho nitro benzene ring substituents is 1. The number of hydrogen-bond donors (Lipinski definition) is 0. The van der Waals surface area contributed by atoms with Crippen molar-refractivity contribution >= 4 is 17.5 Å². The molecule has 1 fully saturated rings. The monoisotopic (exact) mass is 309 g/mol. The Hall–Kier alpha value is -2.51. The fourth-order valence-electron chi connectivity index (χ4n) is 2.51. The first-order valence-electron chi connectivity index (χ1n) is 6.79. The van der Waals surface area contributed by atoms with E-state index < -0.39 is 28.4 Å². The number of rotatable bonds is 3. The van der Waals surface area contributed by atoms with Crippen molar-refractivity contribution in [1.29, 1.82) is 0 Å². The number of benzene rings is 1. The highest BCUT2D eigenvalue weighted by Crippen LogP contribution is 2.24. The van der Waals surface area contributed by atoms with Crippen molar-refractivity contribution in [2.75, 3.05) is 20.6 Å². The van der Waals surface area contributed by atoms with Gasteiger partial charge in [0.15, 0.2) is 0 Å². The van der Waals surface area contributed by atoms with Gasteiger partial charge in [0.2, 0.25) is 5.91 Å². The van der Waals surface area contributed by atoms with Crippen LogP contribution in [0.15, 0.2) is 18.2 Å². The maximum atomic E-state index is 14.0. The number of nitro benzene ring substituents is 1. The number of likely N-dealkylation sites (tertiary alicyclic amines) is 1. The van der Waals surface area contributed by atoms with Gasteiger partial charge in [-0.1, -0.05) is 0 Å². The van der Waals surface area contributed by atoms with Crippen molar-refractivity contribution in [3.05, 3.63) is 39.7 Å². The zero-order valence-corrected chi connectivity index (χ0v) is 12.3. The minimum Gasteiger partial charge on any atom is -0.347 e. The van der Waals surface area contributed by atoms with Gasteiger partial charge in [-0.2, -0.15) is 0 Å². The molecule has 22 heavy (non-hydrogen) atoms. The van der Waals surface area contributed by atoms with Gasteiger partial charge >= 0.3 is 0 Å². The Morgan fingerprint density at radius 2 is 2.09 bits per heavy atom. The van der Waals surface area contributed by atoms with Crippen LogP contribution in [0.2, 0.25) is 0 Å². The first kappa shape index (κ1) is 15.9. The third kappa shape index (κ3) is 2.90. The highest BCUT2D eigenvalue weighted by molar-refractivity contribution is 5.98. The highest BCUT2D eigenvalue weighted by atomic mass is 19.1. The Bertz CT molecular complexity index is 633. The average molecular weight is 309 g/mol. The van der Waals surface area contributed by atoms with Crippen LogP contribution in [0.3, 0.4) is 0 Å². The number of nitrogens with zero attached hydrogens (tertiary/aromatic N) is 3. The minimum absolute atomic E-state index is 0.215. The molecule has 8 heteroatoms. The molecule has 1 heterocycles. The molecule has 1 aliphatic heterocycles. The van der Waals surface area contributed by atoms with Gasteiger partial charge in [0.05, 0.1) is 16.6 Å². The van der Waals surface area contributed by atoms with Crippen LogP contribution in [0, 0.1) is 15.9 Å². The molecule has 0 aromatic heterocycles. The van der Waals surface area contributed by atoms with Crippen LogP contribution in [-0.2, 0) is 4.79 Å². The average Bonchev–Trinajstić information content (AvgIpc) is 2.94. The summed E-state index contributed by atoms with van der Waals surface area (Å²) in [6.45, 7) is 0.361. The number of amides is 2. The van der Waals surface area contributed by atoms with Gasteiger partial charge in [0.25, 0.3) is 11.6 Å². The first-order valence-corrected chi connectivity index (χ1v) is 6.79. The highest BCUT2D eigenvalue weighted by Gasteiger charge is 2.36. The lowest BCUT2D eigenvalue weighted by Gasteiger charge is -2.26. The van der Waals surface area contributed by atoms with Crippen LogP contribution >= 0.6 is 0 Å². The molecule has 0 bridgehead atoms. The Kier molecular flexibility index (Phi) is 4.39. The molecule has 0 saturated carbocycles. The van der Waals surface area contributed by atoms with Crippen molar-refractivity contribution in [3.63, 3.8) is 0 Å². The lowest BCUT2D eigenvalue weighted by atomic mass is 10.1. The van der Waals surface area contributed by atoms with Gasteiger partial charge in [-0.25, -0.2) is 4.39 Å². The molecule has 0 N–H and O–H groups in total. The molecule has 1 aliphatic rings. The molecular formula is C14H16FN3O4. The molecule has 1 saturated heterocycles. The standard InChI is InChI=1S/C14H16FN3O4/c1-16(2)14(20)12-4-3-7-17(12)13(19)10-6-5-9(18(21)22)8-11(10)15/h5-6,8,12H,3-4,7H2,1-2H3. The molecule has 2 amide bonds. The Labute approximate surface area is 126 Å². The van der Waals surface area contributed by atoms with Crippen LogP contribution < -0.4 is 0 Å². The molecule has 0 aliphatic carbocycles. The van der Waals surface area contributed by atoms with E-state index in [0.29, 0.717) is 25.5 Å². The molecule has 2 rings (SSSR count). The Balaban J connectivity index is 2.27. The van der Waals surface area contributed by atoms with Crippen molar-refractivity contribution in [3.8, 4) is 0 Å². The van der Waals surface area contributed by atoms with Crippen LogP contribution in [0.1, 0.15) is 23.2 Å². The van der Waals surface area contributed by atoms with Crippen molar-refractivity contribution in [2.45, 2.75) is 18.9 Å². The summed E-state index contributed by atoms with van der Waals surface area (Å²) in [6.07, 6.45) is 1.18. The van der Waals surface area contributed by atoms with E-state index in [-0.39, 0.29) is 11.5 Å². The lowest BCUT2D eigenvalue weighted by Crippen LogP contribution is -2.45. The third-order valence-electron chi connectivity index (χ3n) is 3.63. The third-order valence-corrected chi connectivity index (χ3v) is 3.63. The summed E-state index contributed by atoms with van der Waals surface area (Å²) in [4.78, 5) is 37.1. The normalized spacial score (nSPS) is 17.4. The van der Waals surface area contributed by atoms with Crippen molar-refractivity contribution in [1.82, 2.24) is 9.80 Å². The summed E-state index contributed by atoms with van der Waals surface area (Å²) >= 11 is 0. The van der Waals surface area contributed by atoms with Gasteiger partial charge in [0.1, 0.15) is 11.9 Å². The van der Waals surface area contributed by atoms with Crippen LogP contribution in [-0.4, -0.2) is 53.2 Å². The van der Waals surface area contributed by atoms with E-state index in [2.05, 4.69) is 0 Å². The Morgan fingerprint density at radius 1 is 1.41 bits per heavy atom. The second kappa shape index (κ2) is 6.08. The number of halogens is 1. The van der Waals surface area contributed by atoms with E-state index in [1.807, 2.05) is 0 Å². The van der Waals surface area contributed by atoms with Gasteiger partial charge in [0, 0.05) is 26.7 Å². The zero-order chi connectivity index (χ0) is 16.4. The van der Waals surface area contributed by atoms with Gasteiger partial charge in [-0.05, 0) is 18.9 Å². The summed E-state index contributed by atoms with van der Waals surface area (Å²) in [7, 11) is 3.19.